The zero-order valence-electron chi connectivity index (χ0n) is 10.0. The van der Waals surface area contributed by atoms with Crippen LogP contribution in [-0.4, -0.2) is 5.11 Å². The monoisotopic (exact) mass is 344 g/mol. The van der Waals surface area contributed by atoms with E-state index in [1.165, 1.54) is 0 Å². The molecule has 0 spiro atoms. The number of aliphatic hydroxyl groups excluding tert-OH is 1. The molecule has 1 atom stereocenters. The molecule has 5 heteroatoms. The topological polar surface area (TPSA) is 20.2 Å². The fraction of sp³-hybridized carbons (Fsp3) is 0.143. The Morgan fingerprint density at radius 2 is 1.89 bits per heavy atom. The van der Waals surface area contributed by atoms with Crippen LogP contribution >= 0.6 is 27.7 Å². The van der Waals surface area contributed by atoms with Crippen LogP contribution in [-0.2, 0) is 0 Å². The molecule has 0 amide bonds. The molecule has 2 rings (SSSR count). The number of hydrogen-bond donors (Lipinski definition) is 1. The zero-order valence-corrected chi connectivity index (χ0v) is 12.4. The highest BCUT2D eigenvalue weighted by atomic mass is 79.9. The molecule has 2 aromatic rings. The van der Waals surface area contributed by atoms with E-state index in [-0.39, 0.29) is 4.90 Å². The number of rotatable bonds is 3. The van der Waals surface area contributed by atoms with Crippen LogP contribution in [0.25, 0.3) is 0 Å². The van der Waals surface area contributed by atoms with E-state index in [0.717, 1.165) is 44.9 Å². The van der Waals surface area contributed by atoms with Crippen LogP contribution in [0.4, 0.5) is 8.78 Å². The first-order valence-electron chi connectivity index (χ1n) is 5.58. The summed E-state index contributed by atoms with van der Waals surface area (Å²) in [4.78, 5) is 0.998. The summed E-state index contributed by atoms with van der Waals surface area (Å²) in [7, 11) is 0. The fourth-order valence-electron chi connectivity index (χ4n) is 1.59. The molecule has 0 fully saturated rings. The number of aliphatic hydroxyl groups is 1. The zero-order chi connectivity index (χ0) is 14.0. The molecule has 0 aliphatic rings. The first-order valence-corrected chi connectivity index (χ1v) is 7.18. The predicted molar refractivity (Wildman–Crippen MR) is 75.3 cm³/mol. The lowest BCUT2D eigenvalue weighted by Gasteiger charge is -2.10. The number of benzene rings is 2. The van der Waals surface area contributed by atoms with Crippen molar-refractivity contribution in [2.24, 2.45) is 0 Å². The molecule has 0 unspecified atom stereocenters. The minimum absolute atomic E-state index is 0.233. The van der Waals surface area contributed by atoms with Gasteiger partial charge in [0, 0.05) is 9.37 Å². The third kappa shape index (κ3) is 3.55. The summed E-state index contributed by atoms with van der Waals surface area (Å²) in [5.74, 6) is -0.925. The molecule has 0 bridgehead atoms. The van der Waals surface area contributed by atoms with Gasteiger partial charge in [-0.05, 0) is 42.8 Å². The summed E-state index contributed by atoms with van der Waals surface area (Å²) < 4.78 is 27.3. The van der Waals surface area contributed by atoms with Crippen LogP contribution in [0.2, 0.25) is 0 Å². The molecule has 0 saturated carbocycles. The average molecular weight is 345 g/mol. The molecular weight excluding hydrogens is 334 g/mol. The quantitative estimate of drug-likeness (QED) is 0.851. The van der Waals surface area contributed by atoms with Gasteiger partial charge in [-0.1, -0.05) is 33.8 Å². The van der Waals surface area contributed by atoms with Gasteiger partial charge in [-0.15, -0.1) is 0 Å². The van der Waals surface area contributed by atoms with E-state index in [2.05, 4.69) is 15.9 Å². The van der Waals surface area contributed by atoms with Crippen molar-refractivity contribution in [3.8, 4) is 0 Å². The highest BCUT2D eigenvalue weighted by molar-refractivity contribution is 9.10. The average Bonchev–Trinajstić information content (AvgIpc) is 2.33. The van der Waals surface area contributed by atoms with Gasteiger partial charge in [0.05, 0.1) is 11.0 Å². The van der Waals surface area contributed by atoms with Crippen molar-refractivity contribution in [3.05, 3.63) is 58.1 Å². The predicted octanol–water partition coefficient (Wildman–Crippen LogP) is 4.93. The molecule has 1 nitrogen and oxygen atoms in total. The fourth-order valence-corrected chi connectivity index (χ4v) is 3.36. The summed E-state index contributed by atoms with van der Waals surface area (Å²) in [6, 6.07) is 8.66. The van der Waals surface area contributed by atoms with E-state index < -0.39 is 17.7 Å². The summed E-state index contributed by atoms with van der Waals surface area (Å²) in [6.45, 7) is 1.67. The molecular formula is C14H11BrF2OS. The van der Waals surface area contributed by atoms with Crippen LogP contribution in [0.15, 0.2) is 50.7 Å². The summed E-state index contributed by atoms with van der Waals surface area (Å²) >= 11 is 4.49. The Morgan fingerprint density at radius 3 is 2.53 bits per heavy atom. The van der Waals surface area contributed by atoms with E-state index in [1.54, 1.807) is 25.1 Å². The lowest BCUT2D eigenvalue weighted by molar-refractivity contribution is 0.198. The van der Waals surface area contributed by atoms with Crippen molar-refractivity contribution < 1.29 is 13.9 Å². The van der Waals surface area contributed by atoms with Gasteiger partial charge in [0.2, 0.25) is 0 Å². The molecule has 1 N–H and O–H groups in total. The maximum absolute atomic E-state index is 13.5. The second-order valence-corrected chi connectivity index (χ2v) is 6.01. The summed E-state index contributed by atoms with van der Waals surface area (Å²) in [6.07, 6.45) is -0.584. The Balaban J connectivity index is 2.29. The number of halogens is 3. The standard InChI is InChI=1S/C14H11BrF2OS/c1-8(18)11-4-3-10(7-12(11)15)19-14-6-9(16)2-5-13(14)17/h2-8,18H,1H3/t8-/m1/s1. The van der Waals surface area contributed by atoms with Gasteiger partial charge in [0.25, 0.3) is 0 Å². The van der Waals surface area contributed by atoms with Crippen LogP contribution in [0.3, 0.4) is 0 Å². The maximum atomic E-state index is 13.5. The van der Waals surface area contributed by atoms with Gasteiger partial charge >= 0.3 is 0 Å². The van der Waals surface area contributed by atoms with Gasteiger partial charge < -0.3 is 5.11 Å². The van der Waals surface area contributed by atoms with Crippen molar-refractivity contribution in [2.45, 2.75) is 22.8 Å². The normalized spacial score (nSPS) is 12.5. The Hall–Kier alpha value is -0.910. The molecule has 0 saturated heterocycles. The maximum Gasteiger partial charge on any atom is 0.137 e. The van der Waals surface area contributed by atoms with E-state index in [9.17, 15) is 13.9 Å². The van der Waals surface area contributed by atoms with Crippen LogP contribution in [0.5, 0.6) is 0 Å². The Kier molecular flexibility index (Phi) is 4.60. The SMILES string of the molecule is C[C@@H](O)c1ccc(Sc2cc(F)ccc2F)cc1Br. The lowest BCUT2D eigenvalue weighted by atomic mass is 10.1. The largest absolute Gasteiger partial charge is 0.389 e. The second-order valence-electron chi connectivity index (χ2n) is 4.04. The van der Waals surface area contributed by atoms with Crippen molar-refractivity contribution in [1.82, 2.24) is 0 Å². The van der Waals surface area contributed by atoms with Gasteiger partial charge in [-0.3, -0.25) is 0 Å². The first kappa shape index (κ1) is 14.5. The molecule has 0 radical (unpaired) electrons. The highest BCUT2D eigenvalue weighted by Gasteiger charge is 2.10. The van der Waals surface area contributed by atoms with Gasteiger partial charge in [-0.25, -0.2) is 8.78 Å². The summed E-state index contributed by atoms with van der Waals surface area (Å²) in [5, 5.41) is 9.52. The highest BCUT2D eigenvalue weighted by Crippen LogP contribution is 2.34. The third-order valence-electron chi connectivity index (χ3n) is 2.54. The third-order valence-corrected chi connectivity index (χ3v) is 4.25. The van der Waals surface area contributed by atoms with Crippen molar-refractivity contribution in [3.63, 3.8) is 0 Å². The van der Waals surface area contributed by atoms with Crippen LogP contribution < -0.4 is 0 Å². The summed E-state index contributed by atoms with van der Waals surface area (Å²) in [5.41, 5.74) is 0.754. The molecule has 0 aromatic heterocycles. The minimum Gasteiger partial charge on any atom is -0.389 e. The van der Waals surface area contributed by atoms with E-state index >= 15 is 0 Å². The van der Waals surface area contributed by atoms with Crippen molar-refractivity contribution >= 4 is 27.7 Å². The second kappa shape index (κ2) is 6.03. The molecule has 0 aliphatic carbocycles. The Morgan fingerprint density at radius 1 is 1.16 bits per heavy atom. The Bertz CT molecular complexity index is 602. The van der Waals surface area contributed by atoms with Crippen molar-refractivity contribution in [1.29, 1.82) is 0 Å². The van der Waals surface area contributed by atoms with Crippen LogP contribution in [0, 0.1) is 11.6 Å². The van der Waals surface area contributed by atoms with Crippen molar-refractivity contribution in [2.75, 3.05) is 0 Å². The molecule has 19 heavy (non-hydrogen) atoms. The smallest absolute Gasteiger partial charge is 0.137 e. The first-order chi connectivity index (χ1) is 8.97. The molecule has 0 heterocycles. The number of hydrogen-bond acceptors (Lipinski definition) is 2. The van der Waals surface area contributed by atoms with E-state index in [4.69, 9.17) is 0 Å². The van der Waals surface area contributed by atoms with E-state index in [1.807, 2.05) is 0 Å². The molecule has 100 valence electrons. The lowest BCUT2D eigenvalue weighted by Crippen LogP contribution is -1.92. The van der Waals surface area contributed by atoms with Gasteiger partial charge in [0.15, 0.2) is 0 Å². The molecule has 0 aliphatic heterocycles. The Labute approximate surface area is 122 Å². The van der Waals surface area contributed by atoms with Gasteiger partial charge in [-0.2, -0.15) is 0 Å². The van der Waals surface area contributed by atoms with E-state index in [0.29, 0.717) is 0 Å². The van der Waals surface area contributed by atoms with Crippen LogP contribution in [0.1, 0.15) is 18.6 Å². The molecule has 2 aromatic carbocycles. The van der Waals surface area contributed by atoms with Gasteiger partial charge in [0.1, 0.15) is 11.6 Å². The minimum atomic E-state index is -0.584.